The predicted octanol–water partition coefficient (Wildman–Crippen LogP) is 3.92. The molecule has 1 N–H and O–H groups in total. The summed E-state index contributed by atoms with van der Waals surface area (Å²) in [6.07, 6.45) is 4.02. The summed E-state index contributed by atoms with van der Waals surface area (Å²) in [6.45, 7) is 1.85. The van der Waals surface area contributed by atoms with E-state index < -0.39 is 0 Å². The average Bonchev–Trinajstić information content (AvgIpc) is 3.26. The quantitative estimate of drug-likeness (QED) is 0.855. The first-order chi connectivity index (χ1) is 12.6. The molecule has 2 aromatic rings. The lowest BCUT2D eigenvalue weighted by atomic mass is 10.1. The van der Waals surface area contributed by atoms with Gasteiger partial charge in [0.25, 0.3) is 11.8 Å². The van der Waals surface area contributed by atoms with E-state index in [0.29, 0.717) is 22.5 Å². The van der Waals surface area contributed by atoms with E-state index >= 15 is 0 Å². The summed E-state index contributed by atoms with van der Waals surface area (Å²) in [5, 5.41) is 2.94. The summed E-state index contributed by atoms with van der Waals surface area (Å²) in [5.41, 5.74) is 2.76. The number of fused-ring (bicyclic) bond motifs is 1. The molecule has 2 aliphatic rings. The Balaban J connectivity index is 1.64. The van der Waals surface area contributed by atoms with E-state index in [4.69, 9.17) is 0 Å². The van der Waals surface area contributed by atoms with Crippen molar-refractivity contribution in [3.8, 4) is 0 Å². The molecule has 0 bridgehead atoms. The fourth-order valence-electron chi connectivity index (χ4n) is 3.77. The smallest absolute Gasteiger partial charge is 0.266 e. The van der Waals surface area contributed by atoms with Gasteiger partial charge in [0.2, 0.25) is 5.91 Å². The number of anilines is 2. The number of aryl methyl sites for hydroxylation is 1. The Bertz CT molecular complexity index is 878. The lowest BCUT2D eigenvalue weighted by Crippen LogP contribution is -2.30. The van der Waals surface area contributed by atoms with Crippen molar-refractivity contribution in [1.82, 2.24) is 0 Å². The zero-order valence-corrected chi connectivity index (χ0v) is 14.6. The summed E-state index contributed by atoms with van der Waals surface area (Å²) in [5.74, 6) is -0.584. The molecule has 4 rings (SSSR count). The van der Waals surface area contributed by atoms with Crippen molar-refractivity contribution in [2.24, 2.45) is 5.92 Å². The van der Waals surface area contributed by atoms with E-state index in [0.717, 1.165) is 31.2 Å². The molecule has 5 nitrogen and oxygen atoms in total. The van der Waals surface area contributed by atoms with Crippen molar-refractivity contribution < 1.29 is 14.4 Å². The summed E-state index contributed by atoms with van der Waals surface area (Å²) in [7, 11) is 0. The van der Waals surface area contributed by atoms with Crippen LogP contribution in [0.2, 0.25) is 0 Å². The molecule has 1 heterocycles. The molecule has 1 fully saturated rings. The minimum absolute atomic E-state index is 0.0136. The number of benzene rings is 2. The highest BCUT2D eigenvalue weighted by atomic mass is 16.2. The van der Waals surface area contributed by atoms with Gasteiger partial charge in [-0.05, 0) is 49.6 Å². The molecule has 0 aromatic heterocycles. The largest absolute Gasteiger partial charge is 0.326 e. The molecule has 2 aromatic carbocycles. The molecule has 5 heteroatoms. The summed E-state index contributed by atoms with van der Waals surface area (Å²) < 4.78 is 0. The molecule has 0 saturated heterocycles. The Labute approximate surface area is 152 Å². The maximum absolute atomic E-state index is 12.7. The van der Waals surface area contributed by atoms with Gasteiger partial charge in [-0.2, -0.15) is 0 Å². The zero-order chi connectivity index (χ0) is 18.3. The van der Waals surface area contributed by atoms with Crippen LogP contribution in [-0.4, -0.2) is 17.7 Å². The highest BCUT2D eigenvalue weighted by Crippen LogP contribution is 2.33. The Kier molecular flexibility index (Phi) is 4.07. The number of nitrogens with one attached hydrogen (secondary N) is 1. The van der Waals surface area contributed by atoms with Gasteiger partial charge in [0.1, 0.15) is 0 Å². The normalized spacial score (nSPS) is 16.9. The molecule has 0 spiro atoms. The van der Waals surface area contributed by atoms with Gasteiger partial charge < -0.3 is 5.32 Å². The molecule has 1 aliphatic carbocycles. The van der Waals surface area contributed by atoms with Crippen LogP contribution in [0.5, 0.6) is 0 Å². The topological polar surface area (TPSA) is 66.5 Å². The molecule has 0 atom stereocenters. The van der Waals surface area contributed by atoms with E-state index in [1.54, 1.807) is 30.3 Å². The molecule has 1 aliphatic heterocycles. The first-order valence-electron chi connectivity index (χ1n) is 8.95. The number of nitrogens with zero attached hydrogens (tertiary/aromatic N) is 1. The van der Waals surface area contributed by atoms with Crippen molar-refractivity contribution in [3.63, 3.8) is 0 Å². The molecular weight excluding hydrogens is 328 g/mol. The molecular formula is C21H20N2O3. The highest BCUT2D eigenvalue weighted by Gasteiger charge is 2.37. The maximum Gasteiger partial charge on any atom is 0.266 e. The van der Waals surface area contributed by atoms with E-state index in [1.807, 2.05) is 19.1 Å². The van der Waals surface area contributed by atoms with Crippen LogP contribution in [0.3, 0.4) is 0 Å². The second kappa shape index (κ2) is 6.41. The minimum atomic E-state index is -0.326. The number of imide groups is 1. The van der Waals surface area contributed by atoms with Crippen molar-refractivity contribution in [3.05, 3.63) is 59.2 Å². The van der Waals surface area contributed by atoms with Crippen molar-refractivity contribution in [1.29, 1.82) is 0 Å². The molecule has 26 heavy (non-hydrogen) atoms. The number of rotatable bonds is 3. The molecule has 0 unspecified atom stereocenters. The average molecular weight is 348 g/mol. The number of hydrogen-bond donors (Lipinski definition) is 1. The second-order valence-electron chi connectivity index (χ2n) is 6.96. The van der Waals surface area contributed by atoms with Crippen LogP contribution in [-0.2, 0) is 4.79 Å². The van der Waals surface area contributed by atoms with Gasteiger partial charge in [0.15, 0.2) is 0 Å². The number of hydrogen-bond acceptors (Lipinski definition) is 3. The first kappa shape index (κ1) is 16.5. The van der Waals surface area contributed by atoms with E-state index in [-0.39, 0.29) is 23.6 Å². The monoisotopic (exact) mass is 348 g/mol. The van der Waals surface area contributed by atoms with Gasteiger partial charge in [-0.15, -0.1) is 0 Å². The van der Waals surface area contributed by atoms with Crippen molar-refractivity contribution >= 4 is 29.1 Å². The third-order valence-corrected chi connectivity index (χ3v) is 5.24. The van der Waals surface area contributed by atoms with Crippen LogP contribution in [0.15, 0.2) is 42.5 Å². The number of amides is 3. The highest BCUT2D eigenvalue weighted by molar-refractivity contribution is 6.34. The molecule has 0 radical (unpaired) electrons. The Hall–Kier alpha value is -2.95. The van der Waals surface area contributed by atoms with Gasteiger partial charge in [-0.25, -0.2) is 4.90 Å². The predicted molar refractivity (Wildman–Crippen MR) is 99.3 cm³/mol. The SMILES string of the molecule is Cc1ccc(NC(=O)C2CCCC2)cc1N1C(=O)c2ccccc2C1=O. The van der Waals surface area contributed by atoms with Gasteiger partial charge in [0.05, 0.1) is 16.8 Å². The van der Waals surface area contributed by atoms with Crippen LogP contribution in [0.1, 0.15) is 52.0 Å². The summed E-state index contributed by atoms with van der Waals surface area (Å²) in [4.78, 5) is 39.0. The van der Waals surface area contributed by atoms with Crippen LogP contribution in [0.25, 0.3) is 0 Å². The fourth-order valence-corrected chi connectivity index (χ4v) is 3.77. The van der Waals surface area contributed by atoms with Crippen LogP contribution in [0.4, 0.5) is 11.4 Å². The van der Waals surface area contributed by atoms with Gasteiger partial charge in [-0.3, -0.25) is 14.4 Å². The third kappa shape index (κ3) is 2.69. The lowest BCUT2D eigenvalue weighted by Gasteiger charge is -2.18. The van der Waals surface area contributed by atoms with Crippen molar-refractivity contribution in [2.75, 3.05) is 10.2 Å². The lowest BCUT2D eigenvalue weighted by molar-refractivity contribution is -0.119. The molecule has 1 saturated carbocycles. The summed E-state index contributed by atoms with van der Waals surface area (Å²) >= 11 is 0. The summed E-state index contributed by atoms with van der Waals surface area (Å²) in [6, 6.07) is 12.2. The van der Waals surface area contributed by atoms with Gasteiger partial charge in [-0.1, -0.05) is 31.0 Å². The van der Waals surface area contributed by atoms with Crippen LogP contribution in [0, 0.1) is 12.8 Å². The van der Waals surface area contributed by atoms with E-state index in [9.17, 15) is 14.4 Å². The van der Waals surface area contributed by atoms with Crippen LogP contribution >= 0.6 is 0 Å². The Morgan fingerprint density at radius 2 is 1.62 bits per heavy atom. The number of carbonyl (C=O) groups excluding carboxylic acids is 3. The third-order valence-electron chi connectivity index (χ3n) is 5.24. The Morgan fingerprint density at radius 3 is 2.23 bits per heavy atom. The van der Waals surface area contributed by atoms with Crippen LogP contribution < -0.4 is 10.2 Å². The fraction of sp³-hybridized carbons (Fsp3) is 0.286. The van der Waals surface area contributed by atoms with E-state index in [1.165, 1.54) is 4.90 Å². The molecule has 3 amide bonds. The maximum atomic E-state index is 12.7. The zero-order valence-electron chi connectivity index (χ0n) is 14.6. The molecule has 132 valence electrons. The first-order valence-corrected chi connectivity index (χ1v) is 8.95. The van der Waals surface area contributed by atoms with E-state index in [2.05, 4.69) is 5.32 Å². The Morgan fingerprint density at radius 1 is 1.00 bits per heavy atom. The number of carbonyl (C=O) groups is 3. The van der Waals surface area contributed by atoms with Gasteiger partial charge in [0, 0.05) is 11.6 Å². The van der Waals surface area contributed by atoms with Crippen molar-refractivity contribution in [2.45, 2.75) is 32.6 Å². The standard InChI is InChI=1S/C21H20N2O3/c1-13-10-11-15(22-19(24)14-6-2-3-7-14)12-18(13)23-20(25)16-8-4-5-9-17(16)21(23)26/h4-5,8-12,14H,2-3,6-7H2,1H3,(H,22,24). The minimum Gasteiger partial charge on any atom is -0.326 e. The second-order valence-corrected chi connectivity index (χ2v) is 6.96. The van der Waals surface area contributed by atoms with Gasteiger partial charge >= 0.3 is 0 Å².